The van der Waals surface area contributed by atoms with Crippen molar-refractivity contribution in [1.82, 2.24) is 30.2 Å². The average Bonchev–Trinajstić information content (AvgIpc) is 3.19. The maximum atomic E-state index is 12.8. The predicted molar refractivity (Wildman–Crippen MR) is 155 cm³/mol. The summed E-state index contributed by atoms with van der Waals surface area (Å²) in [6.45, 7) is 11.6. The number of amides is 2. The van der Waals surface area contributed by atoms with E-state index in [0.29, 0.717) is 26.2 Å². The molecular weight excluding hydrogens is 508 g/mol. The minimum Gasteiger partial charge on any atom is -0.445 e. The summed E-state index contributed by atoms with van der Waals surface area (Å²) in [5, 5.41) is 6.90. The Kier molecular flexibility index (Phi) is 12.5. The zero-order valence-corrected chi connectivity index (χ0v) is 23.5. The third-order valence-electron chi connectivity index (χ3n) is 7.36. The van der Waals surface area contributed by atoms with Gasteiger partial charge < -0.3 is 29.9 Å². The Morgan fingerprint density at radius 3 is 1.38 bits per heavy atom. The van der Waals surface area contributed by atoms with Crippen LogP contribution in [0.1, 0.15) is 11.1 Å². The van der Waals surface area contributed by atoms with Crippen LogP contribution in [0.5, 0.6) is 0 Å². The lowest BCUT2D eigenvalue weighted by atomic mass is 10.2. The summed E-state index contributed by atoms with van der Waals surface area (Å²) in [5.74, 6) is 0. The van der Waals surface area contributed by atoms with Crippen molar-refractivity contribution in [3.05, 3.63) is 71.8 Å². The first kappa shape index (κ1) is 29.8. The highest BCUT2D eigenvalue weighted by atomic mass is 16.6. The van der Waals surface area contributed by atoms with Gasteiger partial charge in [0, 0.05) is 91.6 Å². The topological polar surface area (TPSA) is 89.6 Å². The third kappa shape index (κ3) is 10.4. The lowest BCUT2D eigenvalue weighted by Crippen LogP contribution is -2.44. The van der Waals surface area contributed by atoms with Crippen LogP contribution in [0.25, 0.3) is 0 Å². The average molecular weight is 553 g/mol. The van der Waals surface area contributed by atoms with E-state index in [1.165, 1.54) is 0 Å². The van der Waals surface area contributed by atoms with Gasteiger partial charge in [0.15, 0.2) is 0 Å². The van der Waals surface area contributed by atoms with Crippen LogP contribution in [0.2, 0.25) is 0 Å². The van der Waals surface area contributed by atoms with Crippen LogP contribution >= 0.6 is 0 Å². The van der Waals surface area contributed by atoms with E-state index in [1.54, 1.807) is 9.80 Å². The SMILES string of the molecule is O=C(OCc1ccccc1)N1CCNCCN(CCN2CCNCCN(C(=O)OCc3ccccc3)CC2)CC1. The monoisotopic (exact) mass is 552 g/mol. The highest BCUT2D eigenvalue weighted by Gasteiger charge is 2.21. The van der Waals surface area contributed by atoms with Gasteiger partial charge in [-0.2, -0.15) is 0 Å². The molecule has 2 amide bonds. The zero-order valence-electron chi connectivity index (χ0n) is 23.5. The summed E-state index contributed by atoms with van der Waals surface area (Å²) >= 11 is 0. The van der Waals surface area contributed by atoms with E-state index in [4.69, 9.17) is 9.47 Å². The zero-order chi connectivity index (χ0) is 27.8. The molecule has 2 aromatic rings. The van der Waals surface area contributed by atoms with E-state index in [9.17, 15) is 9.59 Å². The van der Waals surface area contributed by atoms with Crippen LogP contribution in [0.4, 0.5) is 9.59 Å². The molecule has 218 valence electrons. The van der Waals surface area contributed by atoms with Crippen molar-refractivity contribution in [2.75, 3.05) is 91.6 Å². The molecule has 2 aliphatic rings. The summed E-state index contributed by atoms with van der Waals surface area (Å²) in [4.78, 5) is 34.0. The van der Waals surface area contributed by atoms with Gasteiger partial charge in [-0.3, -0.25) is 9.80 Å². The third-order valence-corrected chi connectivity index (χ3v) is 7.36. The van der Waals surface area contributed by atoms with Gasteiger partial charge in [-0.05, 0) is 11.1 Å². The van der Waals surface area contributed by atoms with Crippen molar-refractivity contribution in [2.45, 2.75) is 13.2 Å². The van der Waals surface area contributed by atoms with E-state index in [1.807, 2.05) is 60.7 Å². The van der Waals surface area contributed by atoms with Crippen LogP contribution in [-0.4, -0.2) is 123 Å². The Morgan fingerprint density at radius 2 is 0.950 bits per heavy atom. The number of nitrogens with one attached hydrogen (secondary N) is 2. The number of hydrogen-bond donors (Lipinski definition) is 2. The van der Waals surface area contributed by atoms with E-state index < -0.39 is 0 Å². The highest BCUT2D eigenvalue weighted by Crippen LogP contribution is 2.06. The summed E-state index contributed by atoms with van der Waals surface area (Å²) in [5.41, 5.74) is 1.97. The van der Waals surface area contributed by atoms with E-state index in [-0.39, 0.29) is 25.4 Å². The van der Waals surface area contributed by atoms with Crippen molar-refractivity contribution in [1.29, 1.82) is 0 Å². The Morgan fingerprint density at radius 1 is 0.550 bits per heavy atom. The number of nitrogens with zero attached hydrogens (tertiary/aromatic N) is 4. The molecule has 10 nitrogen and oxygen atoms in total. The molecule has 2 fully saturated rings. The smallest absolute Gasteiger partial charge is 0.410 e. The fourth-order valence-corrected chi connectivity index (χ4v) is 4.84. The van der Waals surface area contributed by atoms with Gasteiger partial charge in [-0.1, -0.05) is 60.7 Å². The fraction of sp³-hybridized carbons (Fsp3) is 0.533. The van der Waals surface area contributed by atoms with Crippen molar-refractivity contribution < 1.29 is 19.1 Å². The summed E-state index contributed by atoms with van der Waals surface area (Å²) < 4.78 is 11.2. The highest BCUT2D eigenvalue weighted by molar-refractivity contribution is 5.68. The first-order chi connectivity index (χ1) is 19.7. The summed E-state index contributed by atoms with van der Waals surface area (Å²) in [6.07, 6.45) is -0.532. The predicted octanol–water partition coefficient (Wildman–Crippen LogP) is 2.07. The van der Waals surface area contributed by atoms with Crippen molar-refractivity contribution in [3.63, 3.8) is 0 Å². The lowest BCUT2D eigenvalue weighted by Gasteiger charge is -2.29. The van der Waals surface area contributed by atoms with Gasteiger partial charge in [-0.15, -0.1) is 0 Å². The maximum Gasteiger partial charge on any atom is 0.410 e. The van der Waals surface area contributed by atoms with Gasteiger partial charge >= 0.3 is 12.2 Å². The van der Waals surface area contributed by atoms with Crippen LogP contribution in [0.3, 0.4) is 0 Å². The normalized spacial score (nSPS) is 18.4. The number of benzene rings is 2. The summed E-state index contributed by atoms with van der Waals surface area (Å²) in [6, 6.07) is 19.6. The minimum atomic E-state index is -0.266. The second-order valence-corrected chi connectivity index (χ2v) is 10.2. The van der Waals surface area contributed by atoms with Crippen molar-refractivity contribution >= 4 is 12.2 Å². The van der Waals surface area contributed by atoms with Gasteiger partial charge in [0.05, 0.1) is 0 Å². The number of hydrogen-bond acceptors (Lipinski definition) is 8. The molecule has 0 saturated carbocycles. The Bertz CT molecular complexity index is 930. The molecule has 0 aromatic heterocycles. The molecule has 0 unspecified atom stereocenters. The van der Waals surface area contributed by atoms with E-state index in [0.717, 1.165) is 76.6 Å². The molecule has 10 heteroatoms. The molecule has 0 spiro atoms. The summed E-state index contributed by atoms with van der Waals surface area (Å²) in [7, 11) is 0. The van der Waals surface area contributed by atoms with Crippen LogP contribution < -0.4 is 10.6 Å². The molecule has 0 aliphatic carbocycles. The molecule has 2 saturated heterocycles. The van der Waals surface area contributed by atoms with Crippen LogP contribution in [-0.2, 0) is 22.7 Å². The van der Waals surface area contributed by atoms with Crippen molar-refractivity contribution in [2.24, 2.45) is 0 Å². The van der Waals surface area contributed by atoms with Gasteiger partial charge in [0.1, 0.15) is 13.2 Å². The number of carbonyl (C=O) groups is 2. The van der Waals surface area contributed by atoms with Gasteiger partial charge in [0.25, 0.3) is 0 Å². The Labute approximate surface area is 238 Å². The molecule has 0 bridgehead atoms. The molecule has 40 heavy (non-hydrogen) atoms. The second kappa shape index (κ2) is 16.8. The van der Waals surface area contributed by atoms with E-state index >= 15 is 0 Å². The first-order valence-electron chi connectivity index (χ1n) is 14.4. The fourth-order valence-electron chi connectivity index (χ4n) is 4.84. The van der Waals surface area contributed by atoms with E-state index in [2.05, 4.69) is 20.4 Å². The largest absolute Gasteiger partial charge is 0.445 e. The van der Waals surface area contributed by atoms with Crippen LogP contribution in [0.15, 0.2) is 60.7 Å². The molecule has 2 aromatic carbocycles. The van der Waals surface area contributed by atoms with Crippen LogP contribution in [0, 0.1) is 0 Å². The number of ether oxygens (including phenoxy) is 2. The molecule has 0 radical (unpaired) electrons. The standard InChI is InChI=1S/C30H44N6O4/c37-29(39-25-27-7-3-1-4-8-27)35-17-13-31-11-15-33(21-23-35)19-20-34-16-12-32-14-18-36(24-22-34)30(38)40-26-28-9-5-2-6-10-28/h1-10,31-32H,11-26H2. The quantitative estimate of drug-likeness (QED) is 0.540. The molecular formula is C30H44N6O4. The molecule has 4 rings (SSSR count). The minimum absolute atomic E-state index is 0.266. The maximum absolute atomic E-state index is 12.8. The molecule has 0 atom stereocenters. The molecule has 2 N–H and O–H groups in total. The van der Waals surface area contributed by atoms with Gasteiger partial charge in [-0.25, -0.2) is 9.59 Å². The first-order valence-corrected chi connectivity index (χ1v) is 14.4. The number of carbonyl (C=O) groups excluding carboxylic acids is 2. The molecule has 2 heterocycles. The van der Waals surface area contributed by atoms with Gasteiger partial charge in [0.2, 0.25) is 0 Å². The number of rotatable bonds is 7. The second-order valence-electron chi connectivity index (χ2n) is 10.2. The Hall–Kier alpha value is -3.18. The Balaban J connectivity index is 1.22. The lowest BCUT2D eigenvalue weighted by molar-refractivity contribution is 0.0898. The van der Waals surface area contributed by atoms with Crippen molar-refractivity contribution in [3.8, 4) is 0 Å². The molecule has 2 aliphatic heterocycles.